The normalized spacial score (nSPS) is 28.1. The SMILES string of the molecule is CC1CCN(S(=O)(=O)N(C)CC2CCCN2)CC1. The summed E-state index contributed by atoms with van der Waals surface area (Å²) in [6.07, 6.45) is 4.19. The zero-order valence-electron chi connectivity index (χ0n) is 11.4. The summed E-state index contributed by atoms with van der Waals surface area (Å²) in [5.41, 5.74) is 0. The molecular formula is C12H25N3O2S. The lowest BCUT2D eigenvalue weighted by Crippen LogP contribution is -2.48. The van der Waals surface area contributed by atoms with E-state index in [2.05, 4.69) is 12.2 Å². The Balaban J connectivity index is 1.92. The summed E-state index contributed by atoms with van der Waals surface area (Å²) in [7, 11) is -1.54. The monoisotopic (exact) mass is 275 g/mol. The number of nitrogens with zero attached hydrogens (tertiary/aromatic N) is 2. The van der Waals surface area contributed by atoms with Crippen LogP contribution in [0.1, 0.15) is 32.6 Å². The second kappa shape index (κ2) is 5.86. The largest absolute Gasteiger partial charge is 0.313 e. The van der Waals surface area contributed by atoms with Gasteiger partial charge in [-0.1, -0.05) is 6.92 Å². The molecule has 0 radical (unpaired) electrons. The minimum atomic E-state index is -3.25. The van der Waals surface area contributed by atoms with Crippen LogP contribution in [0.4, 0.5) is 0 Å². The number of rotatable bonds is 4. The molecule has 0 aromatic heterocycles. The first-order chi connectivity index (χ1) is 8.50. The van der Waals surface area contributed by atoms with Crippen molar-refractivity contribution in [2.24, 2.45) is 5.92 Å². The van der Waals surface area contributed by atoms with Gasteiger partial charge in [0, 0.05) is 32.7 Å². The van der Waals surface area contributed by atoms with E-state index >= 15 is 0 Å². The molecule has 6 heteroatoms. The highest BCUT2D eigenvalue weighted by molar-refractivity contribution is 7.86. The first-order valence-corrected chi connectivity index (χ1v) is 8.34. The van der Waals surface area contributed by atoms with Crippen molar-refractivity contribution in [2.45, 2.75) is 38.6 Å². The maximum absolute atomic E-state index is 12.4. The van der Waals surface area contributed by atoms with E-state index in [9.17, 15) is 8.42 Å². The summed E-state index contributed by atoms with van der Waals surface area (Å²) in [6, 6.07) is 0.327. The molecule has 2 heterocycles. The molecule has 1 N–H and O–H groups in total. The molecule has 1 atom stereocenters. The fraction of sp³-hybridized carbons (Fsp3) is 1.00. The first kappa shape index (κ1) is 14.2. The third kappa shape index (κ3) is 3.23. The Labute approximate surface area is 111 Å². The molecule has 0 bridgehead atoms. The maximum atomic E-state index is 12.4. The fourth-order valence-corrected chi connectivity index (χ4v) is 4.16. The Morgan fingerprint density at radius 2 is 1.94 bits per heavy atom. The average Bonchev–Trinajstić information content (AvgIpc) is 2.82. The van der Waals surface area contributed by atoms with Gasteiger partial charge in [-0.05, 0) is 38.1 Å². The second-order valence-electron chi connectivity index (χ2n) is 5.66. The van der Waals surface area contributed by atoms with Gasteiger partial charge in [0.2, 0.25) is 0 Å². The van der Waals surface area contributed by atoms with Crippen LogP contribution in [0.2, 0.25) is 0 Å². The maximum Gasteiger partial charge on any atom is 0.281 e. The van der Waals surface area contributed by atoms with Gasteiger partial charge in [-0.25, -0.2) is 0 Å². The molecule has 0 aromatic rings. The molecule has 1 unspecified atom stereocenters. The van der Waals surface area contributed by atoms with Gasteiger partial charge in [-0.3, -0.25) is 0 Å². The van der Waals surface area contributed by atoms with E-state index in [-0.39, 0.29) is 0 Å². The standard InChI is InChI=1S/C12H25N3O2S/c1-11-5-8-15(9-6-11)18(16,17)14(2)10-12-4-3-7-13-12/h11-13H,3-10H2,1-2H3. The summed E-state index contributed by atoms with van der Waals surface area (Å²) in [5, 5.41) is 3.34. The van der Waals surface area contributed by atoms with Crippen LogP contribution >= 0.6 is 0 Å². The van der Waals surface area contributed by atoms with E-state index in [1.165, 1.54) is 4.31 Å². The summed E-state index contributed by atoms with van der Waals surface area (Å²) in [4.78, 5) is 0. The van der Waals surface area contributed by atoms with Crippen LogP contribution in [0.25, 0.3) is 0 Å². The molecule has 2 saturated heterocycles. The van der Waals surface area contributed by atoms with Crippen molar-refractivity contribution in [2.75, 3.05) is 33.2 Å². The predicted molar refractivity (Wildman–Crippen MR) is 72.5 cm³/mol. The quantitative estimate of drug-likeness (QED) is 0.819. The number of hydrogen-bond donors (Lipinski definition) is 1. The Morgan fingerprint density at radius 3 is 2.50 bits per heavy atom. The highest BCUT2D eigenvalue weighted by atomic mass is 32.2. The molecule has 106 valence electrons. The first-order valence-electron chi connectivity index (χ1n) is 6.95. The molecule has 0 amide bonds. The Kier molecular flexibility index (Phi) is 4.64. The van der Waals surface area contributed by atoms with E-state index in [1.54, 1.807) is 11.4 Å². The van der Waals surface area contributed by atoms with Crippen molar-refractivity contribution in [3.8, 4) is 0 Å². The lowest BCUT2D eigenvalue weighted by molar-refractivity contribution is 0.267. The van der Waals surface area contributed by atoms with E-state index in [0.29, 0.717) is 31.6 Å². The molecular weight excluding hydrogens is 250 g/mol. The van der Waals surface area contributed by atoms with Crippen LogP contribution in [0.3, 0.4) is 0 Å². The minimum Gasteiger partial charge on any atom is -0.313 e. The van der Waals surface area contributed by atoms with E-state index < -0.39 is 10.2 Å². The van der Waals surface area contributed by atoms with E-state index in [4.69, 9.17) is 0 Å². The van der Waals surface area contributed by atoms with Gasteiger partial charge >= 0.3 is 0 Å². The molecule has 5 nitrogen and oxygen atoms in total. The lowest BCUT2D eigenvalue weighted by Gasteiger charge is -2.33. The number of piperidine rings is 1. The van der Waals surface area contributed by atoms with Gasteiger partial charge in [0.15, 0.2) is 0 Å². The molecule has 0 saturated carbocycles. The number of hydrogen-bond acceptors (Lipinski definition) is 3. The van der Waals surface area contributed by atoms with Crippen LogP contribution in [0, 0.1) is 5.92 Å². The molecule has 0 spiro atoms. The van der Waals surface area contributed by atoms with Crippen LogP contribution in [0.15, 0.2) is 0 Å². The van der Waals surface area contributed by atoms with Crippen LogP contribution in [-0.4, -0.2) is 56.3 Å². The van der Waals surface area contributed by atoms with Crippen LogP contribution in [-0.2, 0) is 10.2 Å². The summed E-state index contributed by atoms with van der Waals surface area (Å²) in [6.45, 7) is 5.14. The molecule has 18 heavy (non-hydrogen) atoms. The van der Waals surface area contributed by atoms with E-state index in [1.807, 2.05) is 0 Å². The number of likely N-dealkylation sites (N-methyl/N-ethyl adjacent to an activating group) is 1. The second-order valence-corrected chi connectivity index (χ2v) is 7.70. The minimum absolute atomic E-state index is 0.327. The molecule has 0 aromatic carbocycles. The van der Waals surface area contributed by atoms with E-state index in [0.717, 1.165) is 32.2 Å². The predicted octanol–water partition coefficient (Wildman–Crippen LogP) is 0.647. The van der Waals surface area contributed by atoms with Crippen molar-refractivity contribution in [1.29, 1.82) is 0 Å². The summed E-state index contributed by atoms with van der Waals surface area (Å²) >= 11 is 0. The van der Waals surface area contributed by atoms with Gasteiger partial charge < -0.3 is 5.32 Å². The Bertz CT molecular complexity index is 358. The van der Waals surface area contributed by atoms with Crippen molar-refractivity contribution < 1.29 is 8.42 Å². The van der Waals surface area contributed by atoms with Gasteiger partial charge in [0.1, 0.15) is 0 Å². The van der Waals surface area contributed by atoms with Crippen molar-refractivity contribution in [3.05, 3.63) is 0 Å². The van der Waals surface area contributed by atoms with Crippen molar-refractivity contribution >= 4 is 10.2 Å². The van der Waals surface area contributed by atoms with Crippen molar-refractivity contribution in [3.63, 3.8) is 0 Å². The molecule has 2 fully saturated rings. The Hall–Kier alpha value is -0.170. The zero-order chi connectivity index (χ0) is 13.2. The highest BCUT2D eigenvalue weighted by Crippen LogP contribution is 2.20. The average molecular weight is 275 g/mol. The molecule has 2 aliphatic heterocycles. The van der Waals surface area contributed by atoms with Crippen LogP contribution in [0.5, 0.6) is 0 Å². The van der Waals surface area contributed by atoms with Gasteiger partial charge in [-0.15, -0.1) is 0 Å². The third-order valence-corrected chi connectivity index (χ3v) is 6.06. The Morgan fingerprint density at radius 1 is 1.28 bits per heavy atom. The smallest absolute Gasteiger partial charge is 0.281 e. The van der Waals surface area contributed by atoms with Crippen LogP contribution < -0.4 is 5.32 Å². The summed E-state index contributed by atoms with van der Waals surface area (Å²) < 4.78 is 28.0. The molecule has 2 rings (SSSR count). The van der Waals surface area contributed by atoms with Gasteiger partial charge in [-0.2, -0.15) is 17.0 Å². The lowest BCUT2D eigenvalue weighted by atomic mass is 10.0. The van der Waals surface area contributed by atoms with Crippen molar-refractivity contribution in [1.82, 2.24) is 13.9 Å². The van der Waals surface area contributed by atoms with Gasteiger partial charge in [0.05, 0.1) is 0 Å². The number of nitrogens with one attached hydrogen (secondary N) is 1. The molecule has 0 aliphatic carbocycles. The molecule has 2 aliphatic rings. The topological polar surface area (TPSA) is 52.7 Å². The summed E-state index contributed by atoms with van der Waals surface area (Å²) in [5.74, 6) is 0.651. The fourth-order valence-electron chi connectivity index (χ4n) is 2.73. The highest BCUT2D eigenvalue weighted by Gasteiger charge is 2.31. The zero-order valence-corrected chi connectivity index (χ0v) is 12.2. The third-order valence-electron chi connectivity index (χ3n) is 4.10. The van der Waals surface area contributed by atoms with Gasteiger partial charge in [0.25, 0.3) is 10.2 Å².